The van der Waals surface area contributed by atoms with E-state index in [4.69, 9.17) is 4.74 Å². The Kier molecular flexibility index (Phi) is 6.94. The first-order chi connectivity index (χ1) is 5.85. The van der Waals surface area contributed by atoms with Gasteiger partial charge in [-0.1, -0.05) is 32.6 Å². The molecule has 0 spiro atoms. The zero-order valence-corrected chi connectivity index (χ0v) is 7.49. The van der Waals surface area contributed by atoms with Gasteiger partial charge in [0.1, 0.15) is 0 Å². The second kappa shape index (κ2) is 7.79. The van der Waals surface area contributed by atoms with Crippen molar-refractivity contribution in [2.45, 2.75) is 19.8 Å². The molecule has 0 rings (SSSR count). The third-order valence-electron chi connectivity index (χ3n) is 1.14. The Morgan fingerprint density at radius 2 is 2.25 bits per heavy atom. The zero-order chi connectivity index (χ0) is 9.23. The number of hydrogen-bond donors (Lipinski definition) is 0. The minimum Gasteiger partial charge on any atom is -0.447 e. The predicted molar refractivity (Wildman–Crippen MR) is 53.0 cm³/mol. The van der Waals surface area contributed by atoms with Crippen molar-refractivity contribution in [3.8, 4) is 0 Å². The highest BCUT2D eigenvalue weighted by molar-refractivity contribution is 5.88. The number of nitrogens with zero attached hydrogens (tertiary/aromatic N) is 1. The summed E-state index contributed by atoms with van der Waals surface area (Å²) in [5, 5.41) is 0. The van der Waals surface area contributed by atoms with Gasteiger partial charge < -0.3 is 4.74 Å². The summed E-state index contributed by atoms with van der Waals surface area (Å²) in [6.07, 6.45) is 8.75. The van der Waals surface area contributed by atoms with Crippen LogP contribution < -0.4 is 0 Å². The van der Waals surface area contributed by atoms with Gasteiger partial charge in [-0.15, -0.1) is 0 Å². The Hall–Kier alpha value is -1.31. The molecule has 0 heterocycles. The molecular formula is C10H15NO. The van der Waals surface area contributed by atoms with Crippen molar-refractivity contribution >= 4 is 5.90 Å². The minimum absolute atomic E-state index is 0.522. The van der Waals surface area contributed by atoms with Crippen molar-refractivity contribution in [2.75, 3.05) is 0 Å². The maximum absolute atomic E-state index is 4.98. The zero-order valence-electron chi connectivity index (χ0n) is 7.49. The van der Waals surface area contributed by atoms with E-state index in [1.807, 2.05) is 12.2 Å². The van der Waals surface area contributed by atoms with Crippen molar-refractivity contribution in [1.29, 1.82) is 0 Å². The lowest BCUT2D eigenvalue weighted by molar-refractivity contribution is 0.478. The van der Waals surface area contributed by atoms with Gasteiger partial charge in [0.25, 0.3) is 0 Å². The number of aliphatic imine (C=N–C) groups is 1. The molecule has 2 nitrogen and oxygen atoms in total. The van der Waals surface area contributed by atoms with Gasteiger partial charge in [0.15, 0.2) is 0 Å². The number of rotatable bonds is 5. The topological polar surface area (TPSA) is 21.6 Å². The van der Waals surface area contributed by atoms with Gasteiger partial charge >= 0.3 is 0 Å². The van der Waals surface area contributed by atoms with Gasteiger partial charge in [0, 0.05) is 6.20 Å². The normalized spacial score (nSPS) is 11.6. The standard InChI is InChI=1S/C10H15NO/c1-4-7-8-9-10(11-5-2)12-6-3/h5-6,8-9H,2-4,7H2,1H3/b9-8+,11-10?. The van der Waals surface area contributed by atoms with Crippen molar-refractivity contribution in [3.63, 3.8) is 0 Å². The van der Waals surface area contributed by atoms with E-state index in [0.29, 0.717) is 5.90 Å². The predicted octanol–water partition coefficient (Wildman–Crippen LogP) is 3.04. The van der Waals surface area contributed by atoms with Crippen LogP contribution in [0.5, 0.6) is 0 Å². The van der Waals surface area contributed by atoms with Crippen molar-refractivity contribution in [1.82, 2.24) is 0 Å². The Bertz CT molecular complexity index is 192. The first kappa shape index (κ1) is 10.7. The fraction of sp³-hybridized carbons (Fsp3) is 0.300. The molecule has 0 aromatic rings. The summed E-state index contributed by atoms with van der Waals surface area (Å²) in [5.41, 5.74) is 0. The van der Waals surface area contributed by atoms with E-state index >= 15 is 0 Å². The van der Waals surface area contributed by atoms with Gasteiger partial charge in [-0.05, 0) is 12.5 Å². The van der Waals surface area contributed by atoms with Crippen LogP contribution in [-0.4, -0.2) is 5.90 Å². The average molecular weight is 165 g/mol. The number of unbranched alkanes of at least 4 members (excludes halogenated alkanes) is 1. The van der Waals surface area contributed by atoms with Crippen LogP contribution in [0.25, 0.3) is 0 Å². The van der Waals surface area contributed by atoms with Crippen LogP contribution in [0.2, 0.25) is 0 Å². The summed E-state index contributed by atoms with van der Waals surface area (Å²) in [4.78, 5) is 3.89. The highest BCUT2D eigenvalue weighted by Gasteiger charge is 1.87. The Morgan fingerprint density at radius 3 is 2.75 bits per heavy atom. The van der Waals surface area contributed by atoms with Crippen LogP contribution in [0.4, 0.5) is 0 Å². The van der Waals surface area contributed by atoms with Crippen LogP contribution in [0, 0.1) is 0 Å². The molecule has 0 N–H and O–H groups in total. The van der Waals surface area contributed by atoms with E-state index in [2.05, 4.69) is 25.1 Å². The Morgan fingerprint density at radius 1 is 1.50 bits per heavy atom. The van der Waals surface area contributed by atoms with E-state index in [1.165, 1.54) is 12.5 Å². The summed E-state index contributed by atoms with van der Waals surface area (Å²) >= 11 is 0. The Labute approximate surface area is 74.0 Å². The van der Waals surface area contributed by atoms with E-state index in [-0.39, 0.29) is 0 Å². The van der Waals surface area contributed by atoms with Gasteiger partial charge in [0.2, 0.25) is 5.90 Å². The molecule has 0 aliphatic carbocycles. The monoisotopic (exact) mass is 165 g/mol. The molecule has 0 bridgehead atoms. The summed E-state index contributed by atoms with van der Waals surface area (Å²) in [5.74, 6) is 0.522. The number of allylic oxidation sites excluding steroid dienone is 1. The molecule has 0 saturated heterocycles. The molecule has 0 amide bonds. The lowest BCUT2D eigenvalue weighted by Crippen LogP contribution is -1.93. The molecule has 0 aromatic carbocycles. The molecule has 0 unspecified atom stereocenters. The third-order valence-corrected chi connectivity index (χ3v) is 1.14. The van der Waals surface area contributed by atoms with Crippen molar-refractivity contribution in [2.24, 2.45) is 4.99 Å². The lowest BCUT2D eigenvalue weighted by atomic mass is 10.3. The second-order valence-corrected chi connectivity index (χ2v) is 2.13. The maximum atomic E-state index is 4.98. The molecule has 0 fully saturated rings. The second-order valence-electron chi connectivity index (χ2n) is 2.13. The SMILES string of the molecule is C=CN=C(/C=C/CCC)OC=C. The largest absolute Gasteiger partial charge is 0.447 e. The minimum atomic E-state index is 0.522. The molecule has 2 heteroatoms. The van der Waals surface area contributed by atoms with Crippen molar-refractivity contribution < 1.29 is 4.74 Å². The fourth-order valence-corrected chi connectivity index (χ4v) is 0.639. The van der Waals surface area contributed by atoms with Crippen LogP contribution >= 0.6 is 0 Å². The van der Waals surface area contributed by atoms with Crippen LogP contribution in [-0.2, 0) is 4.74 Å². The summed E-state index contributed by atoms with van der Waals surface area (Å²) in [7, 11) is 0. The van der Waals surface area contributed by atoms with E-state index in [1.54, 1.807) is 0 Å². The Balaban J connectivity index is 4.02. The van der Waals surface area contributed by atoms with E-state index < -0.39 is 0 Å². The summed E-state index contributed by atoms with van der Waals surface area (Å²) in [6, 6.07) is 0. The van der Waals surface area contributed by atoms with Gasteiger partial charge in [-0.3, -0.25) is 0 Å². The van der Waals surface area contributed by atoms with Crippen LogP contribution in [0.3, 0.4) is 0 Å². The summed E-state index contributed by atoms with van der Waals surface area (Å²) in [6.45, 7) is 9.03. The van der Waals surface area contributed by atoms with E-state index in [9.17, 15) is 0 Å². The first-order valence-corrected chi connectivity index (χ1v) is 3.98. The molecule has 0 saturated carbocycles. The quantitative estimate of drug-likeness (QED) is 0.348. The molecular weight excluding hydrogens is 150 g/mol. The van der Waals surface area contributed by atoms with Crippen molar-refractivity contribution in [3.05, 3.63) is 37.8 Å². The number of hydrogen-bond acceptors (Lipinski definition) is 2. The maximum Gasteiger partial charge on any atom is 0.217 e. The van der Waals surface area contributed by atoms with E-state index in [0.717, 1.165) is 12.8 Å². The average Bonchev–Trinajstić information content (AvgIpc) is 2.06. The number of ether oxygens (including phenoxy) is 1. The smallest absolute Gasteiger partial charge is 0.217 e. The first-order valence-electron chi connectivity index (χ1n) is 3.98. The highest BCUT2D eigenvalue weighted by atomic mass is 16.5. The van der Waals surface area contributed by atoms with Gasteiger partial charge in [-0.2, -0.15) is 0 Å². The van der Waals surface area contributed by atoms with Gasteiger partial charge in [0.05, 0.1) is 6.26 Å². The van der Waals surface area contributed by atoms with Crippen LogP contribution in [0.1, 0.15) is 19.8 Å². The molecule has 0 atom stereocenters. The van der Waals surface area contributed by atoms with Gasteiger partial charge in [-0.25, -0.2) is 4.99 Å². The molecule has 12 heavy (non-hydrogen) atoms. The summed E-state index contributed by atoms with van der Waals surface area (Å²) < 4.78 is 4.98. The molecule has 0 aliphatic rings. The molecule has 0 radical (unpaired) electrons. The lowest BCUT2D eigenvalue weighted by Gasteiger charge is -1.95. The fourth-order valence-electron chi connectivity index (χ4n) is 0.639. The highest BCUT2D eigenvalue weighted by Crippen LogP contribution is 1.92. The third kappa shape index (κ3) is 5.47. The van der Waals surface area contributed by atoms with Crippen LogP contribution in [0.15, 0.2) is 42.8 Å². The molecule has 0 aliphatic heterocycles. The molecule has 0 aromatic heterocycles. The molecule has 66 valence electrons.